The van der Waals surface area contributed by atoms with Gasteiger partial charge in [0.05, 0.1) is 12.1 Å². The van der Waals surface area contributed by atoms with E-state index in [4.69, 9.17) is 0 Å². The number of hydrogen-bond donors (Lipinski definition) is 3. The summed E-state index contributed by atoms with van der Waals surface area (Å²) in [7, 11) is 0. The highest BCUT2D eigenvalue weighted by Gasteiger charge is 2.35. The normalized spacial score (nSPS) is 25.1. The van der Waals surface area contributed by atoms with Crippen molar-refractivity contribution in [2.24, 2.45) is 5.92 Å². The van der Waals surface area contributed by atoms with Gasteiger partial charge in [-0.2, -0.15) is 0 Å². The van der Waals surface area contributed by atoms with E-state index in [-0.39, 0.29) is 24.2 Å². The lowest BCUT2D eigenvalue weighted by Crippen LogP contribution is -2.55. The Balaban J connectivity index is 1.79. The number of carbonyl (C=O) groups is 1. The van der Waals surface area contributed by atoms with Crippen LogP contribution in [0, 0.1) is 5.92 Å². The van der Waals surface area contributed by atoms with Gasteiger partial charge in [0.2, 0.25) is 0 Å². The Kier molecular flexibility index (Phi) is 3.92. The Morgan fingerprint density at radius 1 is 1.35 bits per heavy atom. The van der Waals surface area contributed by atoms with Crippen LogP contribution in [0.4, 0.5) is 4.79 Å². The fourth-order valence-electron chi connectivity index (χ4n) is 2.92. The van der Waals surface area contributed by atoms with Gasteiger partial charge < -0.3 is 15.7 Å². The second kappa shape index (κ2) is 5.25. The number of aliphatic hydroxyl groups excluding tert-OH is 1. The van der Waals surface area contributed by atoms with Crippen LogP contribution in [0.3, 0.4) is 0 Å². The Labute approximate surface area is 103 Å². The molecule has 2 fully saturated rings. The molecule has 17 heavy (non-hydrogen) atoms. The van der Waals surface area contributed by atoms with Gasteiger partial charge in [-0.15, -0.1) is 0 Å². The molecule has 2 aliphatic carbocycles. The van der Waals surface area contributed by atoms with Crippen LogP contribution in [0.15, 0.2) is 0 Å². The second-order valence-electron chi connectivity index (χ2n) is 5.72. The van der Waals surface area contributed by atoms with Crippen molar-refractivity contribution in [1.82, 2.24) is 10.6 Å². The largest absolute Gasteiger partial charge is 0.394 e. The zero-order valence-corrected chi connectivity index (χ0v) is 10.7. The predicted octanol–water partition coefficient (Wildman–Crippen LogP) is 1.78. The van der Waals surface area contributed by atoms with Crippen LogP contribution in [0.25, 0.3) is 0 Å². The van der Waals surface area contributed by atoms with Crippen LogP contribution in [0.2, 0.25) is 0 Å². The summed E-state index contributed by atoms with van der Waals surface area (Å²) >= 11 is 0. The van der Waals surface area contributed by atoms with Crippen LogP contribution in [0.5, 0.6) is 0 Å². The van der Waals surface area contributed by atoms with Crippen LogP contribution < -0.4 is 10.6 Å². The zero-order chi connectivity index (χ0) is 12.3. The molecule has 0 bridgehead atoms. The smallest absolute Gasteiger partial charge is 0.315 e. The molecular weight excluding hydrogens is 216 g/mol. The van der Waals surface area contributed by atoms with Crippen molar-refractivity contribution in [2.45, 2.75) is 63.5 Å². The van der Waals surface area contributed by atoms with E-state index < -0.39 is 0 Å². The van der Waals surface area contributed by atoms with E-state index in [1.165, 1.54) is 19.3 Å². The molecule has 1 atom stereocenters. The molecule has 98 valence electrons. The summed E-state index contributed by atoms with van der Waals surface area (Å²) in [6, 6.07) is 0.140. The van der Waals surface area contributed by atoms with Crippen LogP contribution in [0.1, 0.15) is 51.9 Å². The lowest BCUT2D eigenvalue weighted by molar-refractivity contribution is 0.157. The number of amides is 2. The van der Waals surface area contributed by atoms with Gasteiger partial charge in [0, 0.05) is 6.04 Å². The molecule has 2 aliphatic rings. The molecular formula is C13H24N2O2. The lowest BCUT2D eigenvalue weighted by Gasteiger charge is -2.34. The van der Waals surface area contributed by atoms with E-state index in [9.17, 15) is 9.90 Å². The van der Waals surface area contributed by atoms with Crippen molar-refractivity contribution in [3.63, 3.8) is 0 Å². The lowest BCUT2D eigenvalue weighted by atomic mass is 9.80. The van der Waals surface area contributed by atoms with Crippen LogP contribution in [-0.2, 0) is 0 Å². The average molecular weight is 240 g/mol. The predicted molar refractivity (Wildman–Crippen MR) is 66.8 cm³/mol. The van der Waals surface area contributed by atoms with E-state index in [0.717, 1.165) is 25.7 Å². The first-order valence-electron chi connectivity index (χ1n) is 6.85. The molecule has 1 unspecified atom stereocenters. The Hall–Kier alpha value is -0.770. The van der Waals surface area contributed by atoms with Crippen molar-refractivity contribution < 1.29 is 9.90 Å². The minimum absolute atomic E-state index is 0.0538. The van der Waals surface area contributed by atoms with Gasteiger partial charge in [0.15, 0.2) is 0 Å². The highest BCUT2D eigenvalue weighted by molar-refractivity contribution is 5.75. The van der Waals surface area contributed by atoms with Gasteiger partial charge in [-0.05, 0) is 38.5 Å². The molecule has 0 heterocycles. The molecule has 2 saturated carbocycles. The Morgan fingerprint density at radius 2 is 2.00 bits per heavy atom. The van der Waals surface area contributed by atoms with E-state index in [1.54, 1.807) is 0 Å². The topological polar surface area (TPSA) is 61.4 Å². The average Bonchev–Trinajstić information content (AvgIpc) is 2.63. The number of rotatable bonds is 4. The first-order valence-corrected chi connectivity index (χ1v) is 6.85. The van der Waals surface area contributed by atoms with E-state index in [2.05, 4.69) is 17.6 Å². The van der Waals surface area contributed by atoms with Crippen LogP contribution >= 0.6 is 0 Å². The molecule has 0 aliphatic heterocycles. The molecule has 0 aromatic heterocycles. The molecule has 2 amide bonds. The number of urea groups is 1. The van der Waals surface area contributed by atoms with Gasteiger partial charge in [-0.1, -0.05) is 19.3 Å². The third-order valence-electron chi connectivity index (χ3n) is 4.46. The molecule has 4 heteroatoms. The molecule has 0 spiro atoms. The van der Waals surface area contributed by atoms with Gasteiger partial charge in [-0.25, -0.2) is 4.79 Å². The highest BCUT2D eigenvalue weighted by Crippen LogP contribution is 2.30. The van der Waals surface area contributed by atoms with Crippen molar-refractivity contribution in [3.05, 3.63) is 0 Å². The Morgan fingerprint density at radius 3 is 2.47 bits per heavy atom. The molecule has 0 aromatic rings. The molecule has 3 N–H and O–H groups in total. The maximum Gasteiger partial charge on any atom is 0.315 e. The van der Waals surface area contributed by atoms with E-state index >= 15 is 0 Å². The SMILES string of the molecule is CC(NC(=O)NC1(CO)CCCC1)C1CCC1. The number of hydrogen-bond acceptors (Lipinski definition) is 2. The maximum absolute atomic E-state index is 11.9. The molecule has 2 rings (SSSR count). The quantitative estimate of drug-likeness (QED) is 0.701. The summed E-state index contributed by atoms with van der Waals surface area (Å²) in [5.74, 6) is 0.648. The van der Waals surface area contributed by atoms with Crippen molar-refractivity contribution in [3.8, 4) is 0 Å². The second-order valence-corrected chi connectivity index (χ2v) is 5.72. The fourth-order valence-corrected chi connectivity index (χ4v) is 2.92. The third kappa shape index (κ3) is 2.92. The van der Waals surface area contributed by atoms with Crippen LogP contribution in [-0.4, -0.2) is 29.3 Å². The molecule has 0 radical (unpaired) electrons. The maximum atomic E-state index is 11.9. The van der Waals surface area contributed by atoms with Gasteiger partial charge in [-0.3, -0.25) is 0 Å². The standard InChI is InChI=1S/C13H24N2O2/c1-10(11-5-4-6-11)14-12(17)15-13(9-16)7-2-3-8-13/h10-11,16H,2-9H2,1H3,(H2,14,15,17). The third-order valence-corrected chi connectivity index (χ3v) is 4.46. The summed E-state index contributed by atoms with van der Waals surface area (Å²) in [4.78, 5) is 11.9. The number of nitrogens with one attached hydrogen (secondary N) is 2. The van der Waals surface area contributed by atoms with Gasteiger partial charge in [0.1, 0.15) is 0 Å². The summed E-state index contributed by atoms with van der Waals surface area (Å²) in [6.07, 6.45) is 7.74. The minimum atomic E-state index is -0.358. The van der Waals surface area contributed by atoms with Crippen molar-refractivity contribution in [1.29, 1.82) is 0 Å². The zero-order valence-electron chi connectivity index (χ0n) is 10.7. The summed E-state index contributed by atoms with van der Waals surface area (Å²) in [5, 5.41) is 15.4. The van der Waals surface area contributed by atoms with Crippen molar-refractivity contribution in [2.75, 3.05) is 6.61 Å². The van der Waals surface area contributed by atoms with E-state index in [0.29, 0.717) is 5.92 Å². The molecule has 0 aromatic carbocycles. The first-order chi connectivity index (χ1) is 8.15. The monoisotopic (exact) mass is 240 g/mol. The van der Waals surface area contributed by atoms with Gasteiger partial charge in [0.25, 0.3) is 0 Å². The highest BCUT2D eigenvalue weighted by atomic mass is 16.3. The molecule has 4 nitrogen and oxygen atoms in total. The van der Waals surface area contributed by atoms with Crippen molar-refractivity contribution >= 4 is 6.03 Å². The summed E-state index contributed by atoms with van der Waals surface area (Å²) < 4.78 is 0. The minimum Gasteiger partial charge on any atom is -0.394 e. The summed E-state index contributed by atoms with van der Waals surface area (Å²) in [6.45, 7) is 2.13. The summed E-state index contributed by atoms with van der Waals surface area (Å²) in [5.41, 5.74) is -0.358. The number of carbonyl (C=O) groups excluding carboxylic acids is 1. The Bertz CT molecular complexity index is 271. The molecule has 0 saturated heterocycles. The van der Waals surface area contributed by atoms with E-state index in [1.807, 2.05) is 0 Å². The fraction of sp³-hybridized carbons (Fsp3) is 0.923. The first kappa shape index (κ1) is 12.7. The van der Waals surface area contributed by atoms with Gasteiger partial charge >= 0.3 is 6.03 Å². The number of aliphatic hydroxyl groups is 1.